The van der Waals surface area contributed by atoms with Gasteiger partial charge in [0.05, 0.1) is 30.8 Å². The van der Waals surface area contributed by atoms with Crippen molar-refractivity contribution in [3.63, 3.8) is 0 Å². The Morgan fingerprint density at radius 1 is 0.913 bits per heavy atom. The second-order valence-electron chi connectivity index (χ2n) is 12.6. The molecule has 1 amide bonds. The zero-order chi connectivity index (χ0) is 34.1. The maximum atomic E-state index is 12.9. The topological polar surface area (TPSA) is 370 Å². The first-order valence-electron chi connectivity index (χ1n) is 15.4. The molecule has 4 fully saturated rings. The highest BCUT2D eigenvalue weighted by molar-refractivity contribution is 5.89. The van der Waals surface area contributed by atoms with Gasteiger partial charge in [0.25, 0.3) is 5.91 Å². The Morgan fingerprint density at radius 2 is 1.54 bits per heavy atom. The van der Waals surface area contributed by atoms with E-state index in [1.165, 1.54) is 0 Å². The highest BCUT2D eigenvalue weighted by Crippen LogP contribution is 2.36. The van der Waals surface area contributed by atoms with Crippen molar-refractivity contribution in [2.75, 3.05) is 26.2 Å². The molecular weight excluding hydrogens is 618 g/mol. The van der Waals surface area contributed by atoms with Crippen molar-refractivity contribution in [1.29, 1.82) is 0 Å². The van der Waals surface area contributed by atoms with E-state index in [1.807, 2.05) is 0 Å². The predicted molar refractivity (Wildman–Crippen MR) is 155 cm³/mol. The summed E-state index contributed by atoms with van der Waals surface area (Å²) in [6, 6.07) is -5.44. The second kappa shape index (κ2) is 15.5. The first-order valence-corrected chi connectivity index (χ1v) is 15.4. The number of hydrogen-bond donors (Lipinski definition) is 15. The van der Waals surface area contributed by atoms with Crippen LogP contribution in [0.25, 0.3) is 0 Å². The third-order valence-corrected chi connectivity index (χ3v) is 9.25. The molecule has 4 unspecified atom stereocenters. The molecule has 20 nitrogen and oxygen atoms in total. The van der Waals surface area contributed by atoms with Gasteiger partial charge in [-0.2, -0.15) is 0 Å². The molecule has 20 heteroatoms. The lowest BCUT2D eigenvalue weighted by Gasteiger charge is -2.49. The molecule has 0 radical (unpaired) electrons. The maximum absolute atomic E-state index is 12.9. The number of rotatable bonds is 13. The molecule has 0 bridgehead atoms. The van der Waals surface area contributed by atoms with Gasteiger partial charge in [0.1, 0.15) is 54.9 Å². The van der Waals surface area contributed by atoms with Crippen LogP contribution < -0.4 is 39.3 Å². The Bertz CT molecular complexity index is 1010. The third kappa shape index (κ3) is 7.80. The van der Waals surface area contributed by atoms with Crippen molar-refractivity contribution >= 4 is 5.91 Å². The van der Waals surface area contributed by atoms with Gasteiger partial charge in [-0.3, -0.25) is 4.79 Å². The fourth-order valence-electron chi connectivity index (χ4n) is 6.13. The van der Waals surface area contributed by atoms with Gasteiger partial charge in [-0.15, -0.1) is 0 Å². The van der Waals surface area contributed by atoms with E-state index in [2.05, 4.69) is 10.6 Å². The fraction of sp³-hybridized carbons (Fsp3) is 0.962. The molecule has 2 saturated carbocycles. The number of nitrogens with one attached hydrogen (secondary N) is 2. The van der Waals surface area contributed by atoms with Crippen molar-refractivity contribution in [1.82, 2.24) is 10.6 Å². The molecular formula is C26H51N7O13. The van der Waals surface area contributed by atoms with Crippen LogP contribution in [-0.2, 0) is 23.7 Å². The van der Waals surface area contributed by atoms with Crippen molar-refractivity contribution < 1.29 is 64.6 Å². The van der Waals surface area contributed by atoms with Crippen LogP contribution in [0.3, 0.4) is 0 Å². The lowest BCUT2D eigenvalue weighted by Crippen LogP contribution is -2.70. The van der Waals surface area contributed by atoms with E-state index in [0.717, 1.165) is 0 Å². The molecule has 2 saturated heterocycles. The van der Waals surface area contributed by atoms with Crippen molar-refractivity contribution in [2.45, 2.75) is 129 Å². The van der Waals surface area contributed by atoms with Crippen LogP contribution in [0, 0.1) is 0 Å². The largest absolute Gasteiger partial charge is 0.394 e. The molecule has 18 atom stereocenters. The van der Waals surface area contributed by atoms with Crippen LogP contribution in [-0.4, -0.2) is 182 Å². The molecule has 268 valence electrons. The monoisotopic (exact) mass is 669 g/mol. The molecule has 4 aliphatic rings. The molecule has 2 aliphatic heterocycles. The normalized spacial score (nSPS) is 48.5. The van der Waals surface area contributed by atoms with E-state index in [4.69, 9.17) is 47.6 Å². The quantitative estimate of drug-likeness (QED) is 0.0865. The summed E-state index contributed by atoms with van der Waals surface area (Å²) >= 11 is 0. The zero-order valence-electron chi connectivity index (χ0n) is 25.3. The van der Waals surface area contributed by atoms with Crippen LogP contribution in [0.2, 0.25) is 0 Å². The standard InChI is InChI=1S/C26H51N7O13/c27-2-1-8(35)6-32-15-19(39)17(37)11(5-28)43-23(15)45-21-9(29)3-10(33-25(41)26(42)4-13(26)30)22(20(21)40)46-24-18(38)14(31)16(36)12(7-34)44-24/h8-24,32,34-40,42H,1-7,27-31H2,(H,33,41)/t8?,9-,10+,11+,12+,13?,14-,15+,16+,17+,18+,19+,20-,21?,22-,23+,24+,26?/m0/s1. The van der Waals surface area contributed by atoms with Gasteiger partial charge in [-0.05, 0) is 19.4 Å². The van der Waals surface area contributed by atoms with Crippen LogP contribution in [0.4, 0.5) is 0 Å². The SMILES string of the molecule is NCCC(O)CN[C@H]1[C@@H](OC2[C@@H](N)C[C@@H](NC(=O)C3(O)CC3N)[C@H](O[C@H]3O[C@H](CO)[C@@H](O)[C@H](N)[C@H]3O)[C@H]2O)O[C@H](CN)[C@@H](O)[C@@H]1O. The lowest BCUT2D eigenvalue weighted by atomic mass is 9.83. The number of hydrogen-bond acceptors (Lipinski definition) is 19. The van der Waals surface area contributed by atoms with E-state index in [-0.39, 0.29) is 38.9 Å². The number of ether oxygens (including phenoxy) is 4. The number of aliphatic hydroxyl groups is 8. The van der Waals surface area contributed by atoms with Crippen LogP contribution in [0.15, 0.2) is 0 Å². The summed E-state index contributed by atoms with van der Waals surface area (Å²) in [5.41, 5.74) is 27.5. The van der Waals surface area contributed by atoms with E-state index in [1.54, 1.807) is 0 Å². The van der Waals surface area contributed by atoms with Gasteiger partial charge in [-0.25, -0.2) is 0 Å². The van der Waals surface area contributed by atoms with E-state index in [0.29, 0.717) is 0 Å². The van der Waals surface area contributed by atoms with Crippen molar-refractivity contribution in [3.8, 4) is 0 Å². The summed E-state index contributed by atoms with van der Waals surface area (Å²) in [5, 5.41) is 89.9. The number of nitrogens with two attached hydrogens (primary N) is 5. The molecule has 2 heterocycles. The fourth-order valence-corrected chi connectivity index (χ4v) is 6.13. The summed E-state index contributed by atoms with van der Waals surface area (Å²) in [5.74, 6) is -0.846. The first-order chi connectivity index (χ1) is 21.7. The molecule has 20 N–H and O–H groups in total. The summed E-state index contributed by atoms with van der Waals surface area (Å²) < 4.78 is 23.5. The molecule has 0 aromatic rings. The average Bonchev–Trinajstić information content (AvgIpc) is 3.65. The number of amides is 1. The zero-order valence-corrected chi connectivity index (χ0v) is 25.3. The minimum absolute atomic E-state index is 0.00331. The molecule has 0 aromatic heterocycles. The summed E-state index contributed by atoms with van der Waals surface area (Å²) in [7, 11) is 0. The lowest BCUT2D eigenvalue weighted by molar-refractivity contribution is -0.321. The smallest absolute Gasteiger partial charge is 0.253 e. The minimum Gasteiger partial charge on any atom is -0.394 e. The highest BCUT2D eigenvalue weighted by Gasteiger charge is 2.59. The van der Waals surface area contributed by atoms with Gasteiger partial charge in [-0.1, -0.05) is 0 Å². The Balaban J connectivity index is 1.58. The molecule has 0 spiro atoms. The molecule has 46 heavy (non-hydrogen) atoms. The number of carbonyl (C=O) groups excluding carboxylic acids is 1. The summed E-state index contributed by atoms with van der Waals surface area (Å²) in [6.07, 6.45) is -16.7. The highest BCUT2D eigenvalue weighted by atomic mass is 16.7. The predicted octanol–water partition coefficient (Wildman–Crippen LogP) is -9.36. The minimum atomic E-state index is -1.85. The third-order valence-electron chi connectivity index (χ3n) is 9.25. The number of carbonyl (C=O) groups is 1. The Kier molecular flexibility index (Phi) is 12.7. The first kappa shape index (κ1) is 37.6. The molecule has 2 aliphatic carbocycles. The van der Waals surface area contributed by atoms with Gasteiger partial charge in [0.15, 0.2) is 18.2 Å². The Morgan fingerprint density at radius 3 is 2.13 bits per heavy atom. The maximum Gasteiger partial charge on any atom is 0.253 e. The van der Waals surface area contributed by atoms with Crippen molar-refractivity contribution in [3.05, 3.63) is 0 Å². The van der Waals surface area contributed by atoms with Gasteiger partial charge in [0, 0.05) is 31.6 Å². The van der Waals surface area contributed by atoms with E-state index < -0.39 is 122 Å². The van der Waals surface area contributed by atoms with E-state index in [9.17, 15) is 45.6 Å². The van der Waals surface area contributed by atoms with E-state index >= 15 is 0 Å². The van der Waals surface area contributed by atoms with Crippen molar-refractivity contribution in [2.24, 2.45) is 28.7 Å². The van der Waals surface area contributed by atoms with Crippen LogP contribution in [0.5, 0.6) is 0 Å². The van der Waals surface area contributed by atoms with Gasteiger partial charge in [0.2, 0.25) is 0 Å². The van der Waals surface area contributed by atoms with Gasteiger partial charge < -0.3 is 99.1 Å². The Labute approximate surface area is 265 Å². The molecule has 0 aromatic carbocycles. The number of aliphatic hydroxyl groups excluding tert-OH is 7. The van der Waals surface area contributed by atoms with Gasteiger partial charge >= 0.3 is 0 Å². The summed E-state index contributed by atoms with van der Waals surface area (Å²) in [6.45, 7) is -0.764. The summed E-state index contributed by atoms with van der Waals surface area (Å²) in [4.78, 5) is 12.9. The van der Waals surface area contributed by atoms with Crippen LogP contribution >= 0.6 is 0 Å². The second-order valence-corrected chi connectivity index (χ2v) is 12.6. The van der Waals surface area contributed by atoms with Crippen LogP contribution in [0.1, 0.15) is 19.3 Å². The molecule has 4 rings (SSSR count). The average molecular weight is 670 g/mol. The Hall–Kier alpha value is -1.25.